The quantitative estimate of drug-likeness (QED) is 0.735. The Morgan fingerprint density at radius 2 is 1.67 bits per heavy atom. The minimum Gasteiger partial charge on any atom is -0.192 e. The second-order valence-electron chi connectivity index (χ2n) is 3.21. The van der Waals surface area contributed by atoms with Crippen LogP contribution in [0.5, 0.6) is 0 Å². The summed E-state index contributed by atoms with van der Waals surface area (Å²) in [7, 11) is 0. The SMILES string of the molecule is N#Cc1cc(I)cc(-c2ccccc2)c1. The molecule has 72 valence electrons. The van der Waals surface area contributed by atoms with Gasteiger partial charge in [-0.25, -0.2) is 0 Å². The largest absolute Gasteiger partial charge is 0.192 e. The first-order valence-corrected chi connectivity index (χ1v) is 5.63. The predicted octanol–water partition coefficient (Wildman–Crippen LogP) is 3.83. The summed E-state index contributed by atoms with van der Waals surface area (Å²) in [6, 6.07) is 18.1. The van der Waals surface area contributed by atoms with Crippen LogP contribution in [0.25, 0.3) is 11.1 Å². The third-order valence-corrected chi connectivity index (χ3v) is 2.76. The van der Waals surface area contributed by atoms with Crippen LogP contribution in [0, 0.1) is 14.9 Å². The molecule has 2 heteroatoms. The Balaban J connectivity index is 2.55. The molecule has 0 heterocycles. The van der Waals surface area contributed by atoms with E-state index in [-0.39, 0.29) is 0 Å². The van der Waals surface area contributed by atoms with Crippen molar-refractivity contribution in [3.63, 3.8) is 0 Å². The summed E-state index contributed by atoms with van der Waals surface area (Å²) in [5.41, 5.74) is 2.95. The molecular weight excluding hydrogens is 297 g/mol. The zero-order valence-corrected chi connectivity index (χ0v) is 10.1. The molecule has 2 aromatic carbocycles. The van der Waals surface area contributed by atoms with Gasteiger partial charge in [0, 0.05) is 3.57 Å². The van der Waals surface area contributed by atoms with Gasteiger partial charge >= 0.3 is 0 Å². The number of benzene rings is 2. The lowest BCUT2D eigenvalue weighted by atomic mass is 10.0. The Hall–Kier alpha value is -1.34. The summed E-state index contributed by atoms with van der Waals surface area (Å²) in [5.74, 6) is 0. The Bertz CT molecular complexity index is 512. The van der Waals surface area contributed by atoms with Crippen molar-refractivity contribution >= 4 is 22.6 Å². The van der Waals surface area contributed by atoms with Gasteiger partial charge in [0.1, 0.15) is 0 Å². The zero-order valence-electron chi connectivity index (χ0n) is 7.94. The molecule has 1 nitrogen and oxygen atoms in total. The molecule has 15 heavy (non-hydrogen) atoms. The highest BCUT2D eigenvalue weighted by atomic mass is 127. The molecule has 2 rings (SSSR count). The highest BCUT2D eigenvalue weighted by molar-refractivity contribution is 14.1. The summed E-state index contributed by atoms with van der Waals surface area (Å²) < 4.78 is 1.09. The fourth-order valence-corrected chi connectivity index (χ4v) is 2.12. The van der Waals surface area contributed by atoms with Crippen LogP contribution in [0.15, 0.2) is 48.5 Å². The molecule has 0 radical (unpaired) electrons. The van der Waals surface area contributed by atoms with Gasteiger partial charge < -0.3 is 0 Å². The maximum absolute atomic E-state index is 8.88. The van der Waals surface area contributed by atoms with Gasteiger partial charge in [-0.2, -0.15) is 5.26 Å². The van der Waals surface area contributed by atoms with Crippen molar-refractivity contribution in [1.82, 2.24) is 0 Å². The third kappa shape index (κ3) is 2.37. The second-order valence-corrected chi connectivity index (χ2v) is 4.45. The number of rotatable bonds is 1. The van der Waals surface area contributed by atoms with E-state index in [4.69, 9.17) is 5.26 Å². The fraction of sp³-hybridized carbons (Fsp3) is 0. The first-order valence-electron chi connectivity index (χ1n) is 4.56. The summed E-state index contributed by atoms with van der Waals surface area (Å²) in [6.07, 6.45) is 0. The molecule has 0 saturated carbocycles. The van der Waals surface area contributed by atoms with Crippen molar-refractivity contribution in [2.24, 2.45) is 0 Å². The van der Waals surface area contributed by atoms with E-state index >= 15 is 0 Å². The number of halogens is 1. The van der Waals surface area contributed by atoms with Crippen LogP contribution in [0.2, 0.25) is 0 Å². The Morgan fingerprint density at radius 1 is 0.933 bits per heavy atom. The Kier molecular flexibility index (Phi) is 3.02. The van der Waals surface area contributed by atoms with Crippen molar-refractivity contribution in [2.75, 3.05) is 0 Å². The highest BCUT2D eigenvalue weighted by Gasteiger charge is 2.00. The monoisotopic (exact) mass is 305 g/mol. The minimum atomic E-state index is 0.709. The number of hydrogen-bond acceptors (Lipinski definition) is 1. The van der Waals surface area contributed by atoms with Crippen molar-refractivity contribution in [3.05, 3.63) is 57.7 Å². The topological polar surface area (TPSA) is 23.8 Å². The van der Waals surface area contributed by atoms with E-state index in [0.29, 0.717) is 5.56 Å². The van der Waals surface area contributed by atoms with Gasteiger partial charge in [-0.3, -0.25) is 0 Å². The van der Waals surface area contributed by atoms with Gasteiger partial charge in [-0.05, 0) is 51.9 Å². The van der Waals surface area contributed by atoms with Gasteiger partial charge in [-0.15, -0.1) is 0 Å². The maximum atomic E-state index is 8.88. The van der Waals surface area contributed by atoms with Crippen LogP contribution < -0.4 is 0 Å². The average Bonchev–Trinajstić information content (AvgIpc) is 2.29. The number of hydrogen-bond donors (Lipinski definition) is 0. The van der Waals surface area contributed by atoms with Crippen molar-refractivity contribution < 1.29 is 0 Å². The van der Waals surface area contributed by atoms with Crippen molar-refractivity contribution in [2.45, 2.75) is 0 Å². The molecule has 0 amide bonds. The Morgan fingerprint density at radius 3 is 2.33 bits per heavy atom. The molecule has 0 fully saturated rings. The summed E-state index contributed by atoms with van der Waals surface area (Å²) >= 11 is 2.23. The van der Waals surface area contributed by atoms with Crippen LogP contribution in [0.4, 0.5) is 0 Å². The average molecular weight is 305 g/mol. The van der Waals surface area contributed by atoms with Crippen LogP contribution in [-0.4, -0.2) is 0 Å². The molecule has 0 aliphatic rings. The van der Waals surface area contributed by atoms with Gasteiger partial charge in [0.25, 0.3) is 0 Å². The lowest BCUT2D eigenvalue weighted by Gasteiger charge is -2.02. The number of nitriles is 1. The van der Waals surface area contributed by atoms with E-state index in [1.807, 2.05) is 42.5 Å². The summed E-state index contributed by atoms with van der Waals surface area (Å²) in [4.78, 5) is 0. The Labute approximate surface area is 103 Å². The van der Waals surface area contributed by atoms with E-state index in [0.717, 1.165) is 14.7 Å². The van der Waals surface area contributed by atoms with Crippen LogP contribution in [-0.2, 0) is 0 Å². The van der Waals surface area contributed by atoms with Gasteiger partial charge in [0.2, 0.25) is 0 Å². The van der Waals surface area contributed by atoms with Crippen LogP contribution >= 0.6 is 22.6 Å². The fourth-order valence-electron chi connectivity index (χ4n) is 1.45. The first kappa shape index (κ1) is 10.2. The molecule has 0 N–H and O–H groups in total. The first-order chi connectivity index (χ1) is 7.29. The normalized spacial score (nSPS) is 9.60. The second kappa shape index (κ2) is 4.45. The molecule has 0 saturated heterocycles. The standard InChI is InChI=1S/C13H8IN/c14-13-7-10(9-15)6-12(8-13)11-4-2-1-3-5-11/h1-8H. The molecule has 0 aliphatic carbocycles. The van der Waals surface area contributed by atoms with Crippen molar-refractivity contribution in [1.29, 1.82) is 5.26 Å². The van der Waals surface area contributed by atoms with E-state index in [1.165, 1.54) is 0 Å². The van der Waals surface area contributed by atoms with E-state index in [1.54, 1.807) is 0 Å². The predicted molar refractivity (Wildman–Crippen MR) is 69.3 cm³/mol. The van der Waals surface area contributed by atoms with E-state index < -0.39 is 0 Å². The molecule has 0 unspecified atom stereocenters. The van der Waals surface area contributed by atoms with E-state index in [2.05, 4.69) is 34.7 Å². The zero-order chi connectivity index (χ0) is 10.7. The lowest BCUT2D eigenvalue weighted by Crippen LogP contribution is -1.82. The molecular formula is C13H8IN. The van der Waals surface area contributed by atoms with Crippen LogP contribution in [0.1, 0.15) is 5.56 Å². The minimum absolute atomic E-state index is 0.709. The molecule has 0 spiro atoms. The smallest absolute Gasteiger partial charge is 0.0992 e. The van der Waals surface area contributed by atoms with E-state index in [9.17, 15) is 0 Å². The summed E-state index contributed by atoms with van der Waals surface area (Å²) in [5, 5.41) is 8.88. The molecule has 0 aromatic heterocycles. The van der Waals surface area contributed by atoms with Crippen LogP contribution in [0.3, 0.4) is 0 Å². The maximum Gasteiger partial charge on any atom is 0.0992 e. The molecule has 0 aliphatic heterocycles. The lowest BCUT2D eigenvalue weighted by molar-refractivity contribution is 1.47. The van der Waals surface area contributed by atoms with Gasteiger partial charge in [0.05, 0.1) is 11.6 Å². The van der Waals surface area contributed by atoms with Gasteiger partial charge in [0.15, 0.2) is 0 Å². The summed E-state index contributed by atoms with van der Waals surface area (Å²) in [6.45, 7) is 0. The highest BCUT2D eigenvalue weighted by Crippen LogP contribution is 2.22. The molecule has 0 bridgehead atoms. The van der Waals surface area contributed by atoms with Gasteiger partial charge in [-0.1, -0.05) is 30.3 Å². The molecule has 2 aromatic rings. The van der Waals surface area contributed by atoms with Crippen molar-refractivity contribution in [3.8, 4) is 17.2 Å². The third-order valence-electron chi connectivity index (χ3n) is 2.13. The number of nitrogens with zero attached hydrogens (tertiary/aromatic N) is 1. The molecule has 0 atom stereocenters.